The van der Waals surface area contributed by atoms with Crippen molar-refractivity contribution in [2.45, 2.75) is 30.9 Å². The largest absolute Gasteiger partial charge is 0.504 e. The van der Waals surface area contributed by atoms with Crippen LogP contribution in [0.5, 0.6) is 11.5 Å². The quantitative estimate of drug-likeness (QED) is 0.0590. The molecule has 0 unspecified atom stereocenters. The number of H-pyrrole nitrogens is 1. The summed E-state index contributed by atoms with van der Waals surface area (Å²) in [4.78, 5) is 88.6. The fourth-order valence-corrected chi connectivity index (χ4v) is 6.42. The van der Waals surface area contributed by atoms with E-state index in [9.17, 15) is 49.2 Å². The van der Waals surface area contributed by atoms with Gasteiger partial charge in [-0.1, -0.05) is 5.16 Å². The number of carboxylic acid groups (broad SMARTS) is 2. The normalized spacial score (nSPS) is 18.0. The number of rotatable bonds is 10. The number of nitrogens with one attached hydrogen (secondary N) is 3. The van der Waals surface area contributed by atoms with Gasteiger partial charge in [0.1, 0.15) is 28.4 Å². The number of hydrogen-bond donors (Lipinski definition) is 8. The lowest BCUT2D eigenvalue weighted by Gasteiger charge is -2.49. The number of aromatic amines is 1. The van der Waals surface area contributed by atoms with Gasteiger partial charge in [-0.25, -0.2) is 14.6 Å². The Labute approximate surface area is 270 Å². The molecule has 0 spiro atoms. The lowest BCUT2D eigenvalue weighted by molar-refractivity contribution is -0.161. The molecule has 18 nitrogen and oxygen atoms in total. The van der Waals surface area contributed by atoms with E-state index in [0.29, 0.717) is 0 Å². The zero-order chi connectivity index (χ0) is 34.4. The highest BCUT2D eigenvalue weighted by Crippen LogP contribution is 2.40. The van der Waals surface area contributed by atoms with Gasteiger partial charge in [-0.05, 0) is 25.5 Å². The number of pyridine rings is 1. The lowest BCUT2D eigenvalue weighted by atomic mass is 10.0. The minimum atomic E-state index is -1.82. The van der Waals surface area contributed by atoms with Crippen LogP contribution >= 0.6 is 23.1 Å². The molecule has 0 bridgehead atoms. The Morgan fingerprint density at radius 1 is 1.19 bits per heavy atom. The minimum absolute atomic E-state index is 0.0173. The van der Waals surface area contributed by atoms with E-state index in [1.807, 2.05) is 0 Å². The third kappa shape index (κ3) is 6.14. The van der Waals surface area contributed by atoms with Gasteiger partial charge in [-0.15, -0.1) is 23.1 Å². The maximum absolute atomic E-state index is 13.2. The number of hydrogen-bond acceptors (Lipinski definition) is 14. The van der Waals surface area contributed by atoms with Crippen LogP contribution in [0.2, 0.25) is 0 Å². The number of fused-ring (bicyclic) bond motifs is 2. The fraction of sp³-hybridized carbons (Fsp3) is 0.259. The third-order valence-electron chi connectivity index (χ3n) is 7.08. The molecule has 0 radical (unpaired) electrons. The van der Waals surface area contributed by atoms with Crippen LogP contribution in [-0.4, -0.2) is 100.0 Å². The number of nitrogens with two attached hydrogens (primary N) is 1. The van der Waals surface area contributed by atoms with Crippen molar-refractivity contribution in [2.75, 3.05) is 18.0 Å². The minimum Gasteiger partial charge on any atom is -0.504 e. The Morgan fingerprint density at radius 3 is 2.53 bits per heavy atom. The molecule has 5 rings (SSSR count). The maximum Gasteiger partial charge on any atom is 0.352 e. The Kier molecular flexibility index (Phi) is 8.56. The standard InChI is InChI=1S/C27H25N7O11S2/c1-27(2,25(43)44)45-33-16(13-8-47-26(28)31-13)21(39)32-17-22(40)34-18(24(41)42)9(7-46-23(17)34)5-30-20(38)11-6-29-12-4-15(36)14(35)3-10(12)19(11)37/h3-4,6,8,17,23,35-36H,5,7H2,1-2H3,(H2,28,31)(H,29,37)(H,30,38)(H,32,39)(H,41,42)(H,43,44)/b33-16-/t17-,23-/m1/s1. The molecule has 2 atom stereocenters. The molecule has 246 valence electrons. The zero-order valence-corrected chi connectivity index (χ0v) is 25.9. The number of aromatic hydroxyl groups is 2. The van der Waals surface area contributed by atoms with Crippen LogP contribution in [0, 0.1) is 0 Å². The van der Waals surface area contributed by atoms with Gasteiger partial charge in [-0.3, -0.25) is 24.1 Å². The Morgan fingerprint density at radius 2 is 1.89 bits per heavy atom. The van der Waals surface area contributed by atoms with Crippen LogP contribution in [-0.2, 0) is 24.0 Å². The first-order valence-electron chi connectivity index (χ1n) is 13.4. The molecule has 2 aromatic heterocycles. The smallest absolute Gasteiger partial charge is 0.352 e. The van der Waals surface area contributed by atoms with Crippen LogP contribution in [0.25, 0.3) is 10.9 Å². The van der Waals surface area contributed by atoms with Gasteiger partial charge in [0.25, 0.3) is 17.7 Å². The number of phenolic OH excluding ortho intramolecular Hbond substituents is 2. The summed E-state index contributed by atoms with van der Waals surface area (Å²) >= 11 is 2.07. The summed E-state index contributed by atoms with van der Waals surface area (Å²) < 4.78 is 0. The van der Waals surface area contributed by atoms with Gasteiger partial charge in [0.05, 0.1) is 10.9 Å². The average Bonchev–Trinajstić information content (AvgIpc) is 3.44. The summed E-state index contributed by atoms with van der Waals surface area (Å²) in [6.07, 6.45) is 1.10. The fourth-order valence-electron chi connectivity index (χ4n) is 4.52. The second kappa shape index (κ2) is 12.3. The van der Waals surface area contributed by atoms with Gasteiger partial charge < -0.3 is 46.6 Å². The Hall–Kier alpha value is -5.63. The summed E-state index contributed by atoms with van der Waals surface area (Å²) in [5, 5.41) is 47.9. The summed E-state index contributed by atoms with van der Waals surface area (Å²) in [5.41, 5.74) is 2.13. The molecule has 1 aromatic carbocycles. The van der Waals surface area contributed by atoms with E-state index < -0.39 is 75.0 Å². The number of anilines is 1. The van der Waals surface area contributed by atoms with Gasteiger partial charge in [0, 0.05) is 29.9 Å². The highest BCUT2D eigenvalue weighted by molar-refractivity contribution is 8.00. The molecule has 1 fully saturated rings. The van der Waals surface area contributed by atoms with Crippen molar-refractivity contribution in [3.63, 3.8) is 0 Å². The molecule has 2 aliphatic rings. The number of aromatic nitrogens is 2. The number of aliphatic carboxylic acids is 2. The van der Waals surface area contributed by atoms with E-state index in [1.54, 1.807) is 0 Å². The van der Waals surface area contributed by atoms with Crippen molar-refractivity contribution in [1.29, 1.82) is 0 Å². The number of phenols is 2. The Bertz CT molecular complexity index is 1980. The number of carboxylic acids is 2. The molecule has 2 aliphatic heterocycles. The molecule has 9 N–H and O–H groups in total. The average molecular weight is 688 g/mol. The Balaban J connectivity index is 1.32. The van der Waals surface area contributed by atoms with E-state index in [-0.39, 0.29) is 45.2 Å². The lowest BCUT2D eigenvalue weighted by Crippen LogP contribution is -2.71. The predicted molar refractivity (Wildman–Crippen MR) is 166 cm³/mol. The van der Waals surface area contributed by atoms with Crippen LogP contribution in [0.15, 0.2) is 44.9 Å². The first-order chi connectivity index (χ1) is 22.1. The molecule has 20 heteroatoms. The van der Waals surface area contributed by atoms with Crippen LogP contribution in [0.1, 0.15) is 29.9 Å². The summed E-state index contributed by atoms with van der Waals surface area (Å²) in [7, 11) is 0. The number of carbonyl (C=O) groups is 5. The second-order valence-electron chi connectivity index (χ2n) is 10.6. The number of carbonyl (C=O) groups excluding carboxylic acids is 3. The van der Waals surface area contributed by atoms with Crippen LogP contribution in [0.4, 0.5) is 5.13 Å². The van der Waals surface area contributed by atoms with Crippen molar-refractivity contribution in [3.05, 3.63) is 56.5 Å². The van der Waals surface area contributed by atoms with E-state index >= 15 is 0 Å². The van der Waals surface area contributed by atoms with Gasteiger partial charge in [0.2, 0.25) is 11.0 Å². The number of benzene rings is 1. The maximum atomic E-state index is 13.2. The molecule has 3 aromatic rings. The number of β-lactam (4-membered cyclic amide) rings is 1. The molecule has 0 saturated carbocycles. The highest BCUT2D eigenvalue weighted by Gasteiger charge is 2.54. The van der Waals surface area contributed by atoms with Crippen molar-refractivity contribution in [3.8, 4) is 11.5 Å². The third-order valence-corrected chi connectivity index (χ3v) is 9.09. The molecule has 1 saturated heterocycles. The van der Waals surface area contributed by atoms with Crippen molar-refractivity contribution < 1.29 is 49.2 Å². The predicted octanol–water partition coefficient (Wildman–Crippen LogP) is -0.269. The number of thioether (sulfide) groups is 1. The van der Waals surface area contributed by atoms with Gasteiger partial charge in [-0.2, -0.15) is 0 Å². The zero-order valence-electron chi connectivity index (χ0n) is 24.3. The molecule has 0 aliphatic carbocycles. The monoisotopic (exact) mass is 687 g/mol. The number of oxime groups is 1. The summed E-state index contributed by atoms with van der Waals surface area (Å²) in [5.74, 6) is -6.47. The number of nitrogen functional groups attached to an aromatic ring is 1. The van der Waals surface area contributed by atoms with Gasteiger partial charge >= 0.3 is 11.9 Å². The highest BCUT2D eigenvalue weighted by atomic mass is 32.2. The molecule has 47 heavy (non-hydrogen) atoms. The van der Waals surface area contributed by atoms with Crippen LogP contribution in [0.3, 0.4) is 0 Å². The van der Waals surface area contributed by atoms with E-state index in [0.717, 1.165) is 46.3 Å². The summed E-state index contributed by atoms with van der Waals surface area (Å²) in [6, 6.07) is 0.904. The molecular formula is C27H25N7O11S2. The molecule has 3 amide bonds. The first kappa shape index (κ1) is 32.8. The van der Waals surface area contributed by atoms with Crippen molar-refractivity contribution in [1.82, 2.24) is 25.5 Å². The first-order valence-corrected chi connectivity index (χ1v) is 15.3. The number of nitrogens with zero attached hydrogens (tertiary/aromatic N) is 3. The molecular weight excluding hydrogens is 662 g/mol. The number of thiazole rings is 1. The van der Waals surface area contributed by atoms with Gasteiger partial charge in [0.15, 0.2) is 22.3 Å². The van der Waals surface area contributed by atoms with E-state index in [4.69, 9.17) is 10.6 Å². The van der Waals surface area contributed by atoms with E-state index in [1.165, 1.54) is 19.2 Å². The number of amides is 3. The van der Waals surface area contributed by atoms with Crippen molar-refractivity contribution in [2.24, 2.45) is 5.16 Å². The topological polar surface area (TPSA) is 287 Å². The summed E-state index contributed by atoms with van der Waals surface area (Å²) in [6.45, 7) is 2.05. The SMILES string of the molecule is CC(C)(O/N=C(\C(=O)N[C@@H]1C(=O)N2C(C(=O)O)=C(CNC(=O)c3c[nH]c4cc(O)c(O)cc4c3=O)CS[C@H]12)c1csc(N)n1)C(=O)O. The van der Waals surface area contributed by atoms with Crippen LogP contribution < -0.4 is 21.8 Å². The van der Waals surface area contributed by atoms with E-state index in [2.05, 4.69) is 25.8 Å². The van der Waals surface area contributed by atoms with Crippen molar-refractivity contribution >= 4 is 74.5 Å². The second-order valence-corrected chi connectivity index (χ2v) is 12.6. The molecule has 4 heterocycles.